The number of carbonyl (C=O) groups is 2. The summed E-state index contributed by atoms with van der Waals surface area (Å²) in [6.07, 6.45) is 0.545. The van der Waals surface area contributed by atoms with Crippen LogP contribution in [0.2, 0.25) is 0 Å². The molecule has 0 fully saturated rings. The molecule has 20 heavy (non-hydrogen) atoms. The molecule has 0 saturated heterocycles. The number of anilines is 1. The monoisotopic (exact) mass is 278 g/mol. The van der Waals surface area contributed by atoms with Gasteiger partial charge in [0, 0.05) is 17.8 Å². The number of carbonyl (C=O) groups excluding carboxylic acids is 1. The van der Waals surface area contributed by atoms with E-state index < -0.39 is 24.0 Å². The summed E-state index contributed by atoms with van der Waals surface area (Å²) in [4.78, 5) is 23.2. The number of carboxylic acids is 1. The number of amides is 1. The Balaban J connectivity index is 2.23. The highest BCUT2D eigenvalue weighted by atomic mass is 16.4. The highest BCUT2D eigenvalue weighted by Gasteiger charge is 2.27. The van der Waals surface area contributed by atoms with Crippen LogP contribution in [0.3, 0.4) is 0 Å². The number of nitrogens with one attached hydrogen (secondary N) is 2. The van der Waals surface area contributed by atoms with Crippen molar-refractivity contribution in [2.24, 2.45) is 0 Å². The summed E-state index contributed by atoms with van der Waals surface area (Å²) in [7, 11) is 0. The zero-order chi connectivity index (χ0) is 14.7. The largest absolute Gasteiger partial charge is 0.480 e. The highest BCUT2D eigenvalue weighted by molar-refractivity contribution is 5.99. The van der Waals surface area contributed by atoms with E-state index in [1.165, 1.54) is 6.92 Å². The molecule has 2 rings (SSSR count). The van der Waals surface area contributed by atoms with Gasteiger partial charge in [0.25, 0.3) is 5.91 Å². The lowest BCUT2D eigenvalue weighted by atomic mass is 9.97. The van der Waals surface area contributed by atoms with Crippen molar-refractivity contribution in [2.45, 2.75) is 31.9 Å². The SMILES string of the molecule is C[C@@H](O)[C@H](NC(=O)c1cccc2c1CCCN2)C(=O)O. The van der Waals surface area contributed by atoms with Crippen molar-refractivity contribution in [2.75, 3.05) is 11.9 Å². The van der Waals surface area contributed by atoms with Crippen molar-refractivity contribution in [3.8, 4) is 0 Å². The number of carboxylic acid groups (broad SMARTS) is 1. The second-order valence-corrected chi connectivity index (χ2v) is 4.89. The number of aliphatic hydroxyl groups excluding tert-OH is 1. The Hall–Kier alpha value is -2.08. The molecule has 1 aliphatic heterocycles. The van der Waals surface area contributed by atoms with Crippen molar-refractivity contribution >= 4 is 17.6 Å². The fourth-order valence-electron chi connectivity index (χ4n) is 2.33. The fraction of sp³-hybridized carbons (Fsp3) is 0.429. The van der Waals surface area contributed by atoms with Crippen molar-refractivity contribution < 1.29 is 19.8 Å². The summed E-state index contributed by atoms with van der Waals surface area (Å²) < 4.78 is 0. The summed E-state index contributed by atoms with van der Waals surface area (Å²) >= 11 is 0. The minimum atomic E-state index is -1.31. The summed E-state index contributed by atoms with van der Waals surface area (Å²) in [6.45, 7) is 2.20. The highest BCUT2D eigenvalue weighted by Crippen LogP contribution is 2.25. The lowest BCUT2D eigenvalue weighted by Crippen LogP contribution is -2.47. The van der Waals surface area contributed by atoms with Crippen molar-refractivity contribution in [1.82, 2.24) is 5.32 Å². The second kappa shape index (κ2) is 5.92. The van der Waals surface area contributed by atoms with Crippen LogP contribution in [-0.2, 0) is 11.2 Å². The Kier molecular flexibility index (Phi) is 4.24. The molecule has 0 aromatic heterocycles. The first kappa shape index (κ1) is 14.3. The first-order chi connectivity index (χ1) is 9.50. The number of hydrogen-bond donors (Lipinski definition) is 4. The minimum Gasteiger partial charge on any atom is -0.480 e. The van der Waals surface area contributed by atoms with E-state index in [0.29, 0.717) is 5.56 Å². The molecule has 108 valence electrons. The van der Waals surface area contributed by atoms with Crippen LogP contribution in [0.25, 0.3) is 0 Å². The Morgan fingerprint density at radius 1 is 1.40 bits per heavy atom. The number of aliphatic hydroxyl groups is 1. The van der Waals surface area contributed by atoms with Crippen LogP contribution >= 0.6 is 0 Å². The van der Waals surface area contributed by atoms with Crippen LogP contribution in [0.4, 0.5) is 5.69 Å². The molecule has 0 bridgehead atoms. The molecule has 1 aromatic carbocycles. The van der Waals surface area contributed by atoms with E-state index in [1.807, 2.05) is 6.07 Å². The van der Waals surface area contributed by atoms with Crippen molar-refractivity contribution in [1.29, 1.82) is 0 Å². The lowest BCUT2D eigenvalue weighted by Gasteiger charge is -2.22. The molecule has 0 unspecified atom stereocenters. The molecule has 1 amide bonds. The molecule has 6 nitrogen and oxygen atoms in total. The second-order valence-electron chi connectivity index (χ2n) is 4.89. The normalized spacial score (nSPS) is 16.5. The number of fused-ring (bicyclic) bond motifs is 1. The van der Waals surface area contributed by atoms with Gasteiger partial charge in [0.1, 0.15) is 0 Å². The average molecular weight is 278 g/mol. The van der Waals surface area contributed by atoms with Crippen molar-refractivity contribution in [3.63, 3.8) is 0 Å². The molecule has 0 aliphatic carbocycles. The Bertz CT molecular complexity index is 528. The molecular formula is C14H18N2O4. The minimum absolute atomic E-state index is 0.460. The maximum absolute atomic E-state index is 12.2. The standard InChI is InChI=1S/C14H18N2O4/c1-8(17)12(14(19)20)16-13(18)10-4-2-6-11-9(10)5-3-7-15-11/h2,4,6,8,12,15,17H,3,5,7H2,1H3,(H,16,18)(H,19,20)/t8-,12+/m1/s1. The predicted molar refractivity (Wildman–Crippen MR) is 73.8 cm³/mol. The third-order valence-electron chi connectivity index (χ3n) is 3.37. The molecule has 0 spiro atoms. The molecule has 0 saturated carbocycles. The number of benzene rings is 1. The van der Waals surface area contributed by atoms with Crippen LogP contribution < -0.4 is 10.6 Å². The molecule has 1 aromatic rings. The van der Waals surface area contributed by atoms with Gasteiger partial charge in [-0.2, -0.15) is 0 Å². The van der Waals surface area contributed by atoms with Crippen LogP contribution in [0.1, 0.15) is 29.3 Å². The van der Waals surface area contributed by atoms with Crippen LogP contribution in [0, 0.1) is 0 Å². The zero-order valence-corrected chi connectivity index (χ0v) is 11.2. The van der Waals surface area contributed by atoms with Crippen molar-refractivity contribution in [3.05, 3.63) is 29.3 Å². The number of hydrogen-bond acceptors (Lipinski definition) is 4. The van der Waals surface area contributed by atoms with Gasteiger partial charge in [-0.3, -0.25) is 4.79 Å². The molecule has 0 radical (unpaired) electrons. The van der Waals surface area contributed by atoms with Gasteiger partial charge in [0.2, 0.25) is 0 Å². The number of rotatable bonds is 4. The van der Waals surface area contributed by atoms with Gasteiger partial charge in [-0.15, -0.1) is 0 Å². The Morgan fingerprint density at radius 3 is 2.80 bits per heavy atom. The van der Waals surface area contributed by atoms with Gasteiger partial charge >= 0.3 is 5.97 Å². The average Bonchev–Trinajstić information content (AvgIpc) is 2.43. The van der Waals surface area contributed by atoms with Gasteiger partial charge < -0.3 is 20.8 Å². The molecule has 2 atom stereocenters. The third kappa shape index (κ3) is 2.91. The van der Waals surface area contributed by atoms with E-state index in [0.717, 1.165) is 30.6 Å². The fourth-order valence-corrected chi connectivity index (χ4v) is 2.33. The van der Waals surface area contributed by atoms with Crippen LogP contribution in [-0.4, -0.2) is 40.8 Å². The Labute approximate surface area is 116 Å². The smallest absolute Gasteiger partial charge is 0.328 e. The zero-order valence-electron chi connectivity index (χ0n) is 11.2. The van der Waals surface area contributed by atoms with Gasteiger partial charge in [0.15, 0.2) is 6.04 Å². The molecular weight excluding hydrogens is 260 g/mol. The maximum Gasteiger partial charge on any atom is 0.328 e. The summed E-state index contributed by atoms with van der Waals surface area (Å²) in [5.74, 6) is -1.73. The van der Waals surface area contributed by atoms with E-state index in [-0.39, 0.29) is 0 Å². The van der Waals surface area contributed by atoms with E-state index in [2.05, 4.69) is 10.6 Å². The van der Waals surface area contributed by atoms with Gasteiger partial charge in [-0.05, 0) is 37.5 Å². The third-order valence-corrected chi connectivity index (χ3v) is 3.37. The molecule has 1 aliphatic rings. The first-order valence-electron chi connectivity index (χ1n) is 6.58. The van der Waals surface area contributed by atoms with E-state index in [4.69, 9.17) is 5.11 Å². The van der Waals surface area contributed by atoms with Crippen LogP contribution in [0.15, 0.2) is 18.2 Å². The van der Waals surface area contributed by atoms with Crippen LogP contribution in [0.5, 0.6) is 0 Å². The Morgan fingerprint density at radius 2 is 2.15 bits per heavy atom. The maximum atomic E-state index is 12.2. The molecule has 1 heterocycles. The molecule has 4 N–H and O–H groups in total. The van der Waals surface area contributed by atoms with E-state index in [1.54, 1.807) is 12.1 Å². The topological polar surface area (TPSA) is 98.7 Å². The van der Waals surface area contributed by atoms with Gasteiger partial charge in [0.05, 0.1) is 6.10 Å². The summed E-state index contributed by atoms with van der Waals surface area (Å²) in [5, 5.41) is 24.0. The lowest BCUT2D eigenvalue weighted by molar-refractivity contribution is -0.141. The first-order valence-corrected chi connectivity index (χ1v) is 6.58. The van der Waals surface area contributed by atoms with Gasteiger partial charge in [-0.1, -0.05) is 6.07 Å². The quantitative estimate of drug-likeness (QED) is 0.647. The predicted octanol–water partition coefficient (Wildman–Crippen LogP) is 0.608. The molecule has 6 heteroatoms. The van der Waals surface area contributed by atoms with Gasteiger partial charge in [-0.25, -0.2) is 4.79 Å². The number of aliphatic carboxylic acids is 1. The van der Waals surface area contributed by atoms with E-state index in [9.17, 15) is 14.7 Å². The van der Waals surface area contributed by atoms with E-state index >= 15 is 0 Å². The summed E-state index contributed by atoms with van der Waals surface area (Å²) in [5.41, 5.74) is 2.26. The summed E-state index contributed by atoms with van der Waals surface area (Å²) in [6, 6.07) is 4.01.